The summed E-state index contributed by atoms with van der Waals surface area (Å²) in [6.45, 7) is 0.784. The Morgan fingerprint density at radius 2 is 1.71 bits per heavy atom. The molecule has 6 nitrogen and oxygen atoms in total. The van der Waals surface area contributed by atoms with Crippen LogP contribution in [0.3, 0.4) is 0 Å². The molecule has 0 aromatic heterocycles. The van der Waals surface area contributed by atoms with E-state index in [4.69, 9.17) is 4.74 Å². The lowest BCUT2D eigenvalue weighted by Crippen LogP contribution is -2.32. The Morgan fingerprint density at radius 1 is 0.964 bits per heavy atom. The number of fused-ring (bicyclic) bond motifs is 1. The van der Waals surface area contributed by atoms with Gasteiger partial charge in [-0.2, -0.15) is 0 Å². The topological polar surface area (TPSA) is 84.5 Å². The van der Waals surface area contributed by atoms with Gasteiger partial charge in [0.05, 0.1) is 11.4 Å². The fraction of sp³-hybridized carbons (Fsp3) is 0.381. The summed E-state index contributed by atoms with van der Waals surface area (Å²) in [5.41, 5.74) is 2.35. The number of sulfonamides is 1. The summed E-state index contributed by atoms with van der Waals surface area (Å²) in [6.07, 6.45) is 4.26. The number of rotatable bonds is 9. The molecule has 0 atom stereocenters. The predicted molar refractivity (Wildman–Crippen MR) is 108 cm³/mol. The first-order valence-electron chi connectivity index (χ1n) is 9.60. The summed E-state index contributed by atoms with van der Waals surface area (Å²) in [4.78, 5) is 12.1. The third-order valence-corrected chi connectivity index (χ3v) is 6.17. The van der Waals surface area contributed by atoms with Crippen molar-refractivity contribution in [3.8, 4) is 5.75 Å². The van der Waals surface area contributed by atoms with Crippen LogP contribution in [0.25, 0.3) is 0 Å². The minimum absolute atomic E-state index is 0.0603. The lowest BCUT2D eigenvalue weighted by Gasteiger charge is -2.16. The lowest BCUT2D eigenvalue weighted by molar-refractivity contribution is -0.121. The summed E-state index contributed by atoms with van der Waals surface area (Å²) in [5, 5.41) is 2.72. The largest absolute Gasteiger partial charge is 0.492 e. The number of carbonyl (C=O) groups excluding carboxylic acids is 1. The third kappa shape index (κ3) is 5.81. The number of benzene rings is 2. The second-order valence-corrected chi connectivity index (χ2v) is 8.56. The van der Waals surface area contributed by atoms with Crippen molar-refractivity contribution in [2.24, 2.45) is 0 Å². The fourth-order valence-corrected chi connectivity index (χ4v) is 4.31. The van der Waals surface area contributed by atoms with E-state index in [0.717, 1.165) is 37.0 Å². The third-order valence-electron chi connectivity index (χ3n) is 4.71. The van der Waals surface area contributed by atoms with Crippen molar-refractivity contribution in [3.63, 3.8) is 0 Å². The molecule has 3 rings (SSSR count). The maximum absolute atomic E-state index is 12.5. The molecule has 150 valence electrons. The van der Waals surface area contributed by atoms with Gasteiger partial charge in [0.15, 0.2) is 0 Å². The van der Waals surface area contributed by atoms with Crippen molar-refractivity contribution >= 4 is 15.9 Å². The molecule has 0 unspecified atom stereocenters. The van der Waals surface area contributed by atoms with Gasteiger partial charge in [0.2, 0.25) is 15.9 Å². The van der Waals surface area contributed by atoms with Crippen LogP contribution in [-0.2, 0) is 27.7 Å². The zero-order valence-corrected chi connectivity index (χ0v) is 16.6. The van der Waals surface area contributed by atoms with Gasteiger partial charge in [-0.1, -0.05) is 24.3 Å². The summed E-state index contributed by atoms with van der Waals surface area (Å²) >= 11 is 0. The summed E-state index contributed by atoms with van der Waals surface area (Å²) < 4.78 is 32.9. The highest BCUT2D eigenvalue weighted by Gasteiger charge is 2.17. The molecule has 0 aliphatic heterocycles. The van der Waals surface area contributed by atoms with Gasteiger partial charge in [0.1, 0.15) is 12.4 Å². The van der Waals surface area contributed by atoms with Gasteiger partial charge in [0, 0.05) is 13.0 Å². The van der Waals surface area contributed by atoms with Crippen LogP contribution < -0.4 is 14.8 Å². The summed E-state index contributed by atoms with van der Waals surface area (Å²) in [7, 11) is -3.61. The molecular formula is C21H26N2O4S. The fourth-order valence-electron chi connectivity index (χ4n) is 3.22. The van der Waals surface area contributed by atoms with Crippen molar-refractivity contribution in [2.75, 3.05) is 19.7 Å². The number of nitrogens with one attached hydrogen (secondary N) is 2. The highest BCUT2D eigenvalue weighted by atomic mass is 32.2. The van der Waals surface area contributed by atoms with Gasteiger partial charge >= 0.3 is 0 Å². The number of ether oxygens (including phenoxy) is 1. The Bertz CT molecular complexity index is 898. The molecule has 0 heterocycles. The van der Waals surface area contributed by atoms with E-state index in [1.807, 2.05) is 36.4 Å². The average molecular weight is 403 g/mol. The van der Waals surface area contributed by atoms with E-state index < -0.39 is 10.0 Å². The van der Waals surface area contributed by atoms with Gasteiger partial charge < -0.3 is 10.1 Å². The minimum atomic E-state index is -3.61. The van der Waals surface area contributed by atoms with Crippen LogP contribution >= 0.6 is 0 Å². The zero-order chi connectivity index (χ0) is 19.8. The van der Waals surface area contributed by atoms with Gasteiger partial charge in [-0.15, -0.1) is 0 Å². The monoisotopic (exact) mass is 402 g/mol. The predicted octanol–water partition coefficient (Wildman–Crippen LogP) is 2.43. The molecule has 1 amide bonds. The van der Waals surface area contributed by atoms with E-state index in [1.165, 1.54) is 5.56 Å². The van der Waals surface area contributed by atoms with Crippen molar-refractivity contribution in [1.82, 2.24) is 10.0 Å². The molecule has 28 heavy (non-hydrogen) atoms. The second-order valence-electron chi connectivity index (χ2n) is 6.80. The van der Waals surface area contributed by atoms with E-state index in [-0.39, 0.29) is 23.8 Å². The SMILES string of the molecule is O=C(CCNS(=O)(=O)c1ccc2c(c1)CCCC2)NCCOc1ccccc1. The summed E-state index contributed by atoms with van der Waals surface area (Å²) in [6, 6.07) is 14.7. The standard InChI is InChI=1S/C21H26N2O4S/c24-21(22-14-15-27-19-8-2-1-3-9-19)12-13-23-28(25,26)20-11-10-17-6-4-5-7-18(17)16-20/h1-3,8-11,16,23H,4-7,12-15H2,(H,22,24). The quantitative estimate of drug-likeness (QED) is 0.631. The maximum Gasteiger partial charge on any atom is 0.240 e. The van der Waals surface area contributed by atoms with Crippen LogP contribution in [0.5, 0.6) is 5.75 Å². The van der Waals surface area contributed by atoms with Crippen LogP contribution in [0.15, 0.2) is 53.4 Å². The first-order chi connectivity index (χ1) is 13.5. The van der Waals surface area contributed by atoms with Gasteiger partial charge in [0.25, 0.3) is 0 Å². The Balaban J connectivity index is 1.39. The van der Waals surface area contributed by atoms with Crippen molar-refractivity contribution in [1.29, 1.82) is 0 Å². The van der Waals surface area contributed by atoms with Crippen LogP contribution in [0.4, 0.5) is 0 Å². The van der Waals surface area contributed by atoms with Gasteiger partial charge in [-0.25, -0.2) is 13.1 Å². The Morgan fingerprint density at radius 3 is 2.50 bits per heavy atom. The van der Waals surface area contributed by atoms with Crippen LogP contribution in [-0.4, -0.2) is 34.0 Å². The second kappa shape index (κ2) is 9.71. The van der Waals surface area contributed by atoms with E-state index in [2.05, 4.69) is 10.0 Å². The lowest BCUT2D eigenvalue weighted by atomic mass is 9.92. The van der Waals surface area contributed by atoms with E-state index in [0.29, 0.717) is 13.2 Å². The molecule has 7 heteroatoms. The molecule has 0 radical (unpaired) electrons. The molecule has 0 saturated carbocycles. The van der Waals surface area contributed by atoms with Crippen molar-refractivity contribution < 1.29 is 17.9 Å². The normalized spacial score (nSPS) is 13.6. The number of hydrogen-bond donors (Lipinski definition) is 2. The first kappa shape index (κ1) is 20.4. The van der Waals surface area contributed by atoms with Crippen molar-refractivity contribution in [3.05, 3.63) is 59.7 Å². The van der Waals surface area contributed by atoms with Crippen LogP contribution in [0, 0.1) is 0 Å². The molecule has 2 aromatic rings. The Kier molecular flexibility index (Phi) is 7.06. The van der Waals surface area contributed by atoms with Gasteiger partial charge in [-0.05, 0) is 61.1 Å². The van der Waals surface area contributed by atoms with E-state index in [9.17, 15) is 13.2 Å². The molecule has 0 spiro atoms. The number of carbonyl (C=O) groups is 1. The smallest absolute Gasteiger partial charge is 0.240 e. The average Bonchev–Trinajstić information content (AvgIpc) is 2.71. The molecule has 0 saturated heterocycles. The molecule has 1 aliphatic rings. The number of hydrogen-bond acceptors (Lipinski definition) is 4. The van der Waals surface area contributed by atoms with Crippen molar-refractivity contribution in [2.45, 2.75) is 37.0 Å². The molecule has 0 bridgehead atoms. The molecular weight excluding hydrogens is 376 g/mol. The molecule has 1 aliphatic carbocycles. The highest BCUT2D eigenvalue weighted by Crippen LogP contribution is 2.24. The maximum atomic E-state index is 12.5. The van der Waals surface area contributed by atoms with E-state index >= 15 is 0 Å². The van der Waals surface area contributed by atoms with Crippen LogP contribution in [0.1, 0.15) is 30.4 Å². The Labute approximate surface area is 166 Å². The van der Waals surface area contributed by atoms with Crippen LogP contribution in [0.2, 0.25) is 0 Å². The number of aryl methyl sites for hydroxylation is 2. The number of para-hydroxylation sites is 1. The van der Waals surface area contributed by atoms with Gasteiger partial charge in [-0.3, -0.25) is 4.79 Å². The summed E-state index contributed by atoms with van der Waals surface area (Å²) in [5.74, 6) is 0.527. The highest BCUT2D eigenvalue weighted by molar-refractivity contribution is 7.89. The zero-order valence-electron chi connectivity index (χ0n) is 15.8. The Hall–Kier alpha value is -2.38. The number of amides is 1. The molecule has 0 fully saturated rings. The van der Waals surface area contributed by atoms with E-state index in [1.54, 1.807) is 12.1 Å². The molecule has 2 aromatic carbocycles. The molecule has 2 N–H and O–H groups in total. The minimum Gasteiger partial charge on any atom is -0.492 e. The first-order valence-corrected chi connectivity index (χ1v) is 11.1.